The lowest BCUT2D eigenvalue weighted by Gasteiger charge is -2.15. The maximum atomic E-state index is 8.96. The van der Waals surface area contributed by atoms with E-state index in [2.05, 4.69) is 12.2 Å². The average Bonchev–Trinajstić information content (AvgIpc) is 2.35. The summed E-state index contributed by atoms with van der Waals surface area (Å²) in [5, 5.41) is 12.2. The van der Waals surface area contributed by atoms with Gasteiger partial charge in [0.25, 0.3) is 0 Å². The molecule has 0 aliphatic carbocycles. The van der Waals surface area contributed by atoms with Crippen molar-refractivity contribution in [2.75, 3.05) is 30.8 Å². The van der Waals surface area contributed by atoms with E-state index in [0.29, 0.717) is 24.6 Å². The average molecular weight is 238 g/mol. The fourth-order valence-electron chi connectivity index (χ4n) is 1.38. The molecule has 0 aliphatic rings. The Kier molecular flexibility index (Phi) is 5.63. The molecule has 0 aromatic heterocycles. The minimum atomic E-state index is 0.166. The van der Waals surface area contributed by atoms with Gasteiger partial charge in [0, 0.05) is 13.2 Å². The number of anilines is 2. The van der Waals surface area contributed by atoms with Crippen molar-refractivity contribution in [3.05, 3.63) is 18.2 Å². The Labute approximate surface area is 103 Å². The molecule has 0 amide bonds. The summed E-state index contributed by atoms with van der Waals surface area (Å²) in [7, 11) is 0. The smallest absolute Gasteiger partial charge is 0.144 e. The van der Waals surface area contributed by atoms with Crippen LogP contribution >= 0.6 is 0 Å². The second-order valence-electron chi connectivity index (χ2n) is 4.23. The molecule has 0 radical (unpaired) electrons. The van der Waals surface area contributed by atoms with Gasteiger partial charge in [-0.3, -0.25) is 0 Å². The van der Waals surface area contributed by atoms with E-state index in [1.807, 2.05) is 25.1 Å². The largest absolute Gasteiger partial charge is 0.491 e. The summed E-state index contributed by atoms with van der Waals surface area (Å²) in [6, 6.07) is 5.69. The normalized spacial score (nSPS) is 12.2. The van der Waals surface area contributed by atoms with Gasteiger partial charge in [-0.05, 0) is 24.5 Å². The Balaban J connectivity index is 2.65. The third-order valence-corrected chi connectivity index (χ3v) is 2.48. The van der Waals surface area contributed by atoms with Crippen LogP contribution in [0.3, 0.4) is 0 Å². The number of hydrogen-bond acceptors (Lipinski definition) is 4. The first-order valence-electron chi connectivity index (χ1n) is 6.05. The van der Waals surface area contributed by atoms with Gasteiger partial charge < -0.3 is 20.9 Å². The number of nitrogens with one attached hydrogen (secondary N) is 1. The zero-order valence-corrected chi connectivity index (χ0v) is 10.6. The summed E-state index contributed by atoms with van der Waals surface area (Å²) in [5.41, 5.74) is 7.49. The number of nitrogens with two attached hydrogens (primary N) is 1. The Hall–Kier alpha value is -1.42. The van der Waals surface area contributed by atoms with E-state index in [4.69, 9.17) is 15.6 Å². The molecule has 4 N–H and O–H groups in total. The van der Waals surface area contributed by atoms with E-state index in [9.17, 15) is 0 Å². The standard InChI is InChI=1S/C13H22N2O2/c1-3-7-17-12-6-4-5-11(13(12)14)15-8-10(2)9-16/h4-6,10,15-16H,3,7-9,14H2,1-2H3. The molecule has 17 heavy (non-hydrogen) atoms. The number of rotatable bonds is 7. The summed E-state index contributed by atoms with van der Waals surface area (Å²) >= 11 is 0. The van der Waals surface area contributed by atoms with Gasteiger partial charge in [0.1, 0.15) is 5.75 Å². The highest BCUT2D eigenvalue weighted by Gasteiger charge is 2.06. The monoisotopic (exact) mass is 238 g/mol. The van der Waals surface area contributed by atoms with Crippen molar-refractivity contribution < 1.29 is 9.84 Å². The van der Waals surface area contributed by atoms with Crippen LogP contribution in [0.25, 0.3) is 0 Å². The van der Waals surface area contributed by atoms with Crippen LogP contribution in [0.15, 0.2) is 18.2 Å². The molecule has 1 rings (SSSR count). The summed E-state index contributed by atoms with van der Waals surface area (Å²) in [4.78, 5) is 0. The highest BCUT2D eigenvalue weighted by Crippen LogP contribution is 2.29. The van der Waals surface area contributed by atoms with Crippen molar-refractivity contribution >= 4 is 11.4 Å². The van der Waals surface area contributed by atoms with Crippen molar-refractivity contribution in [2.45, 2.75) is 20.3 Å². The minimum absolute atomic E-state index is 0.166. The van der Waals surface area contributed by atoms with Crippen LogP contribution in [-0.2, 0) is 0 Å². The Bertz CT molecular complexity index is 342. The minimum Gasteiger partial charge on any atom is -0.491 e. The van der Waals surface area contributed by atoms with Gasteiger partial charge in [-0.2, -0.15) is 0 Å². The first-order chi connectivity index (χ1) is 8.19. The summed E-state index contributed by atoms with van der Waals surface area (Å²) in [5.74, 6) is 0.920. The molecule has 0 heterocycles. The first-order valence-corrected chi connectivity index (χ1v) is 6.05. The number of aliphatic hydroxyl groups is 1. The van der Waals surface area contributed by atoms with Gasteiger partial charge in [-0.25, -0.2) is 0 Å². The third kappa shape index (κ3) is 4.15. The number of benzene rings is 1. The molecule has 0 spiro atoms. The molecule has 4 nitrogen and oxygen atoms in total. The molecule has 0 saturated carbocycles. The van der Waals surface area contributed by atoms with Gasteiger partial charge >= 0.3 is 0 Å². The van der Waals surface area contributed by atoms with Crippen LogP contribution in [0.5, 0.6) is 5.75 Å². The van der Waals surface area contributed by atoms with Gasteiger partial charge in [0.15, 0.2) is 0 Å². The lowest BCUT2D eigenvalue weighted by Crippen LogP contribution is -2.15. The zero-order chi connectivity index (χ0) is 12.7. The molecule has 0 aliphatic heterocycles. The van der Waals surface area contributed by atoms with Crippen molar-refractivity contribution in [2.24, 2.45) is 5.92 Å². The van der Waals surface area contributed by atoms with Crippen molar-refractivity contribution in [1.29, 1.82) is 0 Å². The molecule has 4 heteroatoms. The Morgan fingerprint density at radius 3 is 2.88 bits per heavy atom. The number of aliphatic hydroxyl groups excluding tert-OH is 1. The predicted molar refractivity (Wildman–Crippen MR) is 71.4 cm³/mol. The molecule has 0 bridgehead atoms. The highest BCUT2D eigenvalue weighted by molar-refractivity contribution is 5.72. The molecular weight excluding hydrogens is 216 g/mol. The molecular formula is C13H22N2O2. The fraction of sp³-hybridized carbons (Fsp3) is 0.538. The molecule has 96 valence electrons. The second-order valence-corrected chi connectivity index (χ2v) is 4.23. The van der Waals surface area contributed by atoms with Crippen molar-refractivity contribution in [3.63, 3.8) is 0 Å². The number of hydrogen-bond donors (Lipinski definition) is 3. The molecule has 1 aromatic rings. The van der Waals surface area contributed by atoms with Crippen molar-refractivity contribution in [3.8, 4) is 5.75 Å². The molecule has 1 aromatic carbocycles. The fourth-order valence-corrected chi connectivity index (χ4v) is 1.38. The second kappa shape index (κ2) is 7.01. The lowest BCUT2D eigenvalue weighted by atomic mass is 10.2. The first kappa shape index (κ1) is 13.6. The predicted octanol–water partition coefficient (Wildman–Crippen LogP) is 2.10. The number of ether oxygens (including phenoxy) is 1. The Morgan fingerprint density at radius 2 is 2.24 bits per heavy atom. The zero-order valence-electron chi connectivity index (χ0n) is 10.6. The van der Waals surface area contributed by atoms with Gasteiger partial charge in [0.2, 0.25) is 0 Å². The van der Waals surface area contributed by atoms with E-state index in [1.54, 1.807) is 0 Å². The summed E-state index contributed by atoms with van der Waals surface area (Å²) in [6.45, 7) is 5.55. The topological polar surface area (TPSA) is 67.5 Å². The third-order valence-electron chi connectivity index (χ3n) is 2.48. The highest BCUT2D eigenvalue weighted by atomic mass is 16.5. The van der Waals surface area contributed by atoms with Gasteiger partial charge in [0.05, 0.1) is 18.0 Å². The van der Waals surface area contributed by atoms with Crippen LogP contribution in [0.4, 0.5) is 11.4 Å². The number of nitrogen functional groups attached to an aromatic ring is 1. The molecule has 0 fully saturated rings. The molecule has 0 saturated heterocycles. The maximum absolute atomic E-state index is 8.96. The SMILES string of the molecule is CCCOc1cccc(NCC(C)CO)c1N. The van der Waals surface area contributed by atoms with E-state index in [0.717, 1.165) is 12.1 Å². The van der Waals surface area contributed by atoms with Crippen LogP contribution in [0.1, 0.15) is 20.3 Å². The summed E-state index contributed by atoms with van der Waals surface area (Å²) < 4.78 is 5.55. The van der Waals surface area contributed by atoms with Crippen LogP contribution in [0.2, 0.25) is 0 Å². The quantitative estimate of drug-likeness (QED) is 0.636. The lowest BCUT2D eigenvalue weighted by molar-refractivity contribution is 0.244. The van der Waals surface area contributed by atoms with Crippen LogP contribution < -0.4 is 15.8 Å². The molecule has 1 atom stereocenters. The van der Waals surface area contributed by atoms with E-state index < -0.39 is 0 Å². The van der Waals surface area contributed by atoms with E-state index in [1.165, 1.54) is 0 Å². The Morgan fingerprint density at radius 1 is 1.47 bits per heavy atom. The number of para-hydroxylation sites is 1. The van der Waals surface area contributed by atoms with E-state index in [-0.39, 0.29) is 12.5 Å². The van der Waals surface area contributed by atoms with E-state index >= 15 is 0 Å². The van der Waals surface area contributed by atoms with Gasteiger partial charge in [-0.1, -0.05) is 19.9 Å². The van der Waals surface area contributed by atoms with Crippen molar-refractivity contribution in [1.82, 2.24) is 0 Å². The van der Waals surface area contributed by atoms with Crippen LogP contribution in [0, 0.1) is 5.92 Å². The molecule has 1 unspecified atom stereocenters. The van der Waals surface area contributed by atoms with Crippen LogP contribution in [-0.4, -0.2) is 24.9 Å². The maximum Gasteiger partial charge on any atom is 0.144 e. The van der Waals surface area contributed by atoms with Gasteiger partial charge in [-0.15, -0.1) is 0 Å². The summed E-state index contributed by atoms with van der Waals surface area (Å²) in [6.07, 6.45) is 0.957.